The number of benzene rings is 1. The van der Waals surface area contributed by atoms with E-state index in [0.717, 1.165) is 35.5 Å². The molecule has 0 spiro atoms. The van der Waals surface area contributed by atoms with Gasteiger partial charge in [0.1, 0.15) is 0 Å². The van der Waals surface area contributed by atoms with Crippen LogP contribution in [0.2, 0.25) is 0 Å². The maximum atomic E-state index is 12.3. The van der Waals surface area contributed by atoms with Gasteiger partial charge in [-0.1, -0.05) is 17.3 Å². The minimum atomic E-state index is -0.0104. The highest BCUT2D eigenvalue weighted by Gasteiger charge is 2.33. The lowest BCUT2D eigenvalue weighted by Crippen LogP contribution is -2.48. The quantitative estimate of drug-likeness (QED) is 0.750. The van der Waals surface area contributed by atoms with E-state index < -0.39 is 0 Å². The summed E-state index contributed by atoms with van der Waals surface area (Å²) in [5, 5.41) is 7.02. The van der Waals surface area contributed by atoms with E-state index in [1.165, 1.54) is 0 Å². The Hall–Kier alpha value is -3.06. The van der Waals surface area contributed by atoms with Crippen LogP contribution in [-0.4, -0.2) is 45.6 Å². The van der Waals surface area contributed by atoms with Gasteiger partial charge in [-0.25, -0.2) is 0 Å². The number of carbonyl (C=O) groups is 1. The Morgan fingerprint density at radius 3 is 2.89 bits per heavy atom. The van der Waals surface area contributed by atoms with Gasteiger partial charge in [-0.05, 0) is 43.2 Å². The molecule has 3 heterocycles. The van der Waals surface area contributed by atoms with Gasteiger partial charge in [-0.15, -0.1) is 0 Å². The molecule has 1 fully saturated rings. The van der Waals surface area contributed by atoms with Crippen molar-refractivity contribution in [2.24, 2.45) is 0 Å². The molecular formula is C20H21N5O2. The van der Waals surface area contributed by atoms with Crippen LogP contribution in [0.25, 0.3) is 11.4 Å². The van der Waals surface area contributed by atoms with Crippen LogP contribution in [0.4, 0.5) is 5.69 Å². The number of nitrogens with one attached hydrogen (secondary N) is 1. The van der Waals surface area contributed by atoms with Crippen molar-refractivity contribution in [2.75, 3.05) is 25.0 Å². The fourth-order valence-electron chi connectivity index (χ4n) is 3.15. The Morgan fingerprint density at radius 2 is 2.11 bits per heavy atom. The topological polar surface area (TPSA) is 84.2 Å². The van der Waals surface area contributed by atoms with Gasteiger partial charge in [-0.3, -0.25) is 14.7 Å². The highest BCUT2D eigenvalue weighted by molar-refractivity contribution is 5.93. The molecular weight excluding hydrogens is 342 g/mol. The molecule has 2 aromatic heterocycles. The SMILES string of the molecule is Cc1cccc(NC(=O)CN2CC(c3nc(-c4cccnc4)no3)C2)c1C. The molecule has 1 amide bonds. The highest BCUT2D eigenvalue weighted by Crippen LogP contribution is 2.27. The molecule has 7 heteroatoms. The van der Waals surface area contributed by atoms with E-state index >= 15 is 0 Å². The molecule has 0 saturated carbocycles. The predicted octanol–water partition coefficient (Wildman–Crippen LogP) is 2.79. The number of aryl methyl sites for hydroxylation is 1. The van der Waals surface area contributed by atoms with E-state index in [1.54, 1.807) is 12.4 Å². The van der Waals surface area contributed by atoms with Gasteiger partial charge in [-0.2, -0.15) is 4.98 Å². The van der Waals surface area contributed by atoms with E-state index in [4.69, 9.17) is 4.52 Å². The first-order chi connectivity index (χ1) is 13.1. The van der Waals surface area contributed by atoms with Gasteiger partial charge in [0.15, 0.2) is 0 Å². The summed E-state index contributed by atoms with van der Waals surface area (Å²) in [6.45, 7) is 5.87. The summed E-state index contributed by atoms with van der Waals surface area (Å²) >= 11 is 0. The van der Waals surface area contributed by atoms with E-state index in [0.29, 0.717) is 18.3 Å². The van der Waals surface area contributed by atoms with Crippen molar-refractivity contribution in [1.82, 2.24) is 20.0 Å². The normalized spacial score (nSPS) is 14.7. The fraction of sp³-hybridized carbons (Fsp3) is 0.300. The first-order valence-corrected chi connectivity index (χ1v) is 8.92. The van der Waals surface area contributed by atoms with E-state index in [1.807, 2.05) is 44.2 Å². The fourth-order valence-corrected chi connectivity index (χ4v) is 3.15. The highest BCUT2D eigenvalue weighted by atomic mass is 16.5. The minimum Gasteiger partial charge on any atom is -0.339 e. The van der Waals surface area contributed by atoms with Gasteiger partial charge in [0.2, 0.25) is 17.6 Å². The van der Waals surface area contributed by atoms with Crippen molar-refractivity contribution in [3.63, 3.8) is 0 Å². The maximum Gasteiger partial charge on any atom is 0.238 e. The summed E-state index contributed by atoms with van der Waals surface area (Å²) in [5.74, 6) is 1.31. The van der Waals surface area contributed by atoms with Crippen LogP contribution in [-0.2, 0) is 4.79 Å². The number of anilines is 1. The summed E-state index contributed by atoms with van der Waals surface area (Å²) < 4.78 is 5.38. The number of aromatic nitrogens is 3. The molecule has 3 aromatic rings. The van der Waals surface area contributed by atoms with Gasteiger partial charge < -0.3 is 9.84 Å². The van der Waals surface area contributed by atoms with Crippen molar-refractivity contribution >= 4 is 11.6 Å². The smallest absolute Gasteiger partial charge is 0.238 e. The van der Waals surface area contributed by atoms with Crippen LogP contribution < -0.4 is 5.32 Å². The second-order valence-corrected chi connectivity index (χ2v) is 6.88. The third kappa shape index (κ3) is 3.73. The van der Waals surface area contributed by atoms with Crippen LogP contribution in [0.5, 0.6) is 0 Å². The molecule has 0 aliphatic carbocycles. The second-order valence-electron chi connectivity index (χ2n) is 6.88. The molecule has 138 valence electrons. The van der Waals surface area contributed by atoms with Crippen LogP contribution in [0.3, 0.4) is 0 Å². The zero-order valence-electron chi connectivity index (χ0n) is 15.3. The first kappa shape index (κ1) is 17.4. The standard InChI is InChI=1S/C20H21N5O2/c1-13-5-3-7-17(14(13)2)22-18(26)12-25-10-16(11-25)20-23-19(24-27-20)15-6-4-8-21-9-15/h3-9,16H,10-12H2,1-2H3,(H,22,26). The first-order valence-electron chi connectivity index (χ1n) is 8.92. The molecule has 7 nitrogen and oxygen atoms in total. The maximum absolute atomic E-state index is 12.3. The molecule has 4 rings (SSSR count). The Labute approximate surface area is 157 Å². The number of nitrogens with zero attached hydrogens (tertiary/aromatic N) is 4. The number of hydrogen-bond acceptors (Lipinski definition) is 6. The molecule has 1 aromatic carbocycles. The molecule has 1 N–H and O–H groups in total. The zero-order valence-corrected chi connectivity index (χ0v) is 15.3. The molecule has 1 aliphatic rings. The van der Waals surface area contributed by atoms with Crippen molar-refractivity contribution in [3.8, 4) is 11.4 Å². The lowest BCUT2D eigenvalue weighted by molar-refractivity contribution is -0.118. The largest absolute Gasteiger partial charge is 0.339 e. The molecule has 0 unspecified atom stereocenters. The average Bonchev–Trinajstić information content (AvgIpc) is 3.12. The number of amides is 1. The minimum absolute atomic E-state index is 0.0104. The lowest BCUT2D eigenvalue weighted by atomic mass is 10.0. The van der Waals surface area contributed by atoms with Crippen molar-refractivity contribution in [2.45, 2.75) is 19.8 Å². The molecule has 1 aliphatic heterocycles. The predicted molar refractivity (Wildman–Crippen MR) is 101 cm³/mol. The lowest BCUT2D eigenvalue weighted by Gasteiger charge is -2.36. The summed E-state index contributed by atoms with van der Waals surface area (Å²) in [4.78, 5) is 22.9. The summed E-state index contributed by atoms with van der Waals surface area (Å²) in [7, 11) is 0. The van der Waals surface area contributed by atoms with Crippen molar-refractivity contribution in [1.29, 1.82) is 0 Å². The number of carbonyl (C=O) groups excluding carboxylic acids is 1. The van der Waals surface area contributed by atoms with Crippen LogP contribution in [0.15, 0.2) is 47.2 Å². The van der Waals surface area contributed by atoms with Gasteiger partial charge in [0, 0.05) is 36.7 Å². The van der Waals surface area contributed by atoms with Gasteiger partial charge in [0.25, 0.3) is 0 Å². The average molecular weight is 363 g/mol. The molecule has 27 heavy (non-hydrogen) atoms. The van der Waals surface area contributed by atoms with E-state index in [2.05, 4.69) is 25.3 Å². The Bertz CT molecular complexity index is 948. The van der Waals surface area contributed by atoms with Crippen LogP contribution in [0, 0.1) is 13.8 Å². The van der Waals surface area contributed by atoms with Crippen LogP contribution >= 0.6 is 0 Å². The Morgan fingerprint density at radius 1 is 1.26 bits per heavy atom. The zero-order chi connectivity index (χ0) is 18.8. The number of likely N-dealkylation sites (tertiary alicyclic amines) is 1. The van der Waals surface area contributed by atoms with Crippen molar-refractivity contribution in [3.05, 3.63) is 59.7 Å². The summed E-state index contributed by atoms with van der Waals surface area (Å²) in [6.07, 6.45) is 3.41. The monoisotopic (exact) mass is 363 g/mol. The Balaban J connectivity index is 1.30. The molecule has 0 bridgehead atoms. The second kappa shape index (κ2) is 7.28. The summed E-state index contributed by atoms with van der Waals surface area (Å²) in [6, 6.07) is 9.65. The van der Waals surface area contributed by atoms with Crippen molar-refractivity contribution < 1.29 is 9.32 Å². The third-order valence-corrected chi connectivity index (χ3v) is 4.91. The molecule has 1 saturated heterocycles. The number of pyridine rings is 1. The number of hydrogen-bond donors (Lipinski definition) is 1. The molecule has 0 radical (unpaired) electrons. The van der Waals surface area contributed by atoms with Gasteiger partial charge in [0.05, 0.1) is 12.5 Å². The third-order valence-electron chi connectivity index (χ3n) is 4.91. The van der Waals surface area contributed by atoms with Gasteiger partial charge >= 0.3 is 0 Å². The number of rotatable bonds is 5. The molecule has 0 atom stereocenters. The Kier molecular flexibility index (Phi) is 4.68. The van der Waals surface area contributed by atoms with E-state index in [9.17, 15) is 4.79 Å². The van der Waals surface area contributed by atoms with E-state index in [-0.39, 0.29) is 11.8 Å². The summed E-state index contributed by atoms with van der Waals surface area (Å²) in [5.41, 5.74) is 3.96. The van der Waals surface area contributed by atoms with Crippen LogP contribution in [0.1, 0.15) is 22.9 Å².